The third kappa shape index (κ3) is 3.06. The minimum Gasteiger partial charge on any atom is -0.393 e. The van der Waals surface area contributed by atoms with Crippen LogP contribution in [0, 0.1) is 0 Å². The molecule has 0 amide bonds. The van der Waals surface area contributed by atoms with Crippen molar-refractivity contribution in [2.24, 2.45) is 0 Å². The molecule has 1 aliphatic rings. The van der Waals surface area contributed by atoms with Crippen LogP contribution >= 0.6 is 0 Å². The van der Waals surface area contributed by atoms with Gasteiger partial charge in [-0.2, -0.15) is 0 Å². The highest BCUT2D eigenvalue weighted by Crippen LogP contribution is 2.30. The molecule has 2 atom stereocenters. The van der Waals surface area contributed by atoms with Crippen molar-refractivity contribution in [3.63, 3.8) is 0 Å². The number of rotatable bonds is 4. The van der Waals surface area contributed by atoms with Gasteiger partial charge in [-0.25, -0.2) is 0 Å². The van der Waals surface area contributed by atoms with Crippen molar-refractivity contribution in [3.05, 3.63) is 65.5 Å². The zero-order valence-corrected chi connectivity index (χ0v) is 11.4. The third-order valence-electron chi connectivity index (χ3n) is 3.80. The van der Waals surface area contributed by atoms with Crippen LogP contribution in [0.2, 0.25) is 0 Å². The Labute approximate surface area is 119 Å². The second kappa shape index (κ2) is 6.16. The van der Waals surface area contributed by atoms with E-state index < -0.39 is 6.10 Å². The molecule has 2 aromatic rings. The van der Waals surface area contributed by atoms with E-state index in [0.717, 1.165) is 18.6 Å². The molecule has 0 bridgehead atoms. The largest absolute Gasteiger partial charge is 0.393 e. The number of aromatic nitrogens is 1. The molecule has 0 saturated carbocycles. The van der Waals surface area contributed by atoms with Gasteiger partial charge in [-0.3, -0.25) is 4.98 Å². The molecule has 0 spiro atoms. The highest BCUT2D eigenvalue weighted by atomic mass is 16.5. The summed E-state index contributed by atoms with van der Waals surface area (Å²) in [6.45, 7) is 0.740. The Kier molecular flexibility index (Phi) is 4.09. The average Bonchev–Trinajstić information content (AvgIpc) is 2.48. The maximum Gasteiger partial charge on any atom is 0.0852 e. The number of ether oxygens (including phenoxy) is 1. The van der Waals surface area contributed by atoms with Crippen molar-refractivity contribution in [2.45, 2.75) is 31.5 Å². The lowest BCUT2D eigenvalue weighted by Crippen LogP contribution is -2.22. The highest BCUT2D eigenvalue weighted by Gasteiger charge is 2.23. The number of hydrogen-bond donors (Lipinski definition) is 1. The summed E-state index contributed by atoms with van der Waals surface area (Å²) in [6, 6.07) is 12.3. The topological polar surface area (TPSA) is 42.4 Å². The summed E-state index contributed by atoms with van der Waals surface area (Å²) in [5, 5.41) is 10.3. The molecular weight excluding hydrogens is 250 g/mol. The summed E-state index contributed by atoms with van der Waals surface area (Å²) < 4.78 is 5.84. The first-order chi connectivity index (χ1) is 9.83. The fourth-order valence-electron chi connectivity index (χ4n) is 2.79. The van der Waals surface area contributed by atoms with Crippen LogP contribution in [0.25, 0.3) is 0 Å². The lowest BCUT2D eigenvalue weighted by Gasteiger charge is -2.27. The quantitative estimate of drug-likeness (QED) is 0.928. The zero-order chi connectivity index (χ0) is 13.8. The van der Waals surface area contributed by atoms with Crippen LogP contribution in [-0.4, -0.2) is 22.8 Å². The first-order valence-corrected chi connectivity index (χ1v) is 7.09. The van der Waals surface area contributed by atoms with Gasteiger partial charge in [0, 0.05) is 18.8 Å². The normalized spacial score (nSPS) is 19.4. The Morgan fingerprint density at radius 2 is 2.00 bits per heavy atom. The molecule has 1 aliphatic heterocycles. The lowest BCUT2D eigenvalue weighted by atomic mass is 9.93. The number of pyridine rings is 1. The van der Waals surface area contributed by atoms with Crippen LogP contribution in [0.5, 0.6) is 0 Å². The van der Waals surface area contributed by atoms with Crippen molar-refractivity contribution >= 4 is 0 Å². The second-order valence-corrected chi connectivity index (χ2v) is 5.26. The number of hydrogen-bond acceptors (Lipinski definition) is 3. The van der Waals surface area contributed by atoms with Crippen LogP contribution < -0.4 is 0 Å². The Bertz CT molecular complexity index is 556. The van der Waals surface area contributed by atoms with E-state index in [0.29, 0.717) is 12.8 Å². The van der Waals surface area contributed by atoms with Gasteiger partial charge in [0.05, 0.1) is 18.8 Å². The fraction of sp³-hybridized carbons (Fsp3) is 0.353. The third-order valence-corrected chi connectivity index (χ3v) is 3.80. The fourth-order valence-corrected chi connectivity index (χ4v) is 2.79. The van der Waals surface area contributed by atoms with E-state index in [1.807, 2.05) is 18.2 Å². The first-order valence-electron chi connectivity index (χ1n) is 7.09. The molecule has 104 valence electrons. The highest BCUT2D eigenvalue weighted by molar-refractivity contribution is 5.31. The maximum absolute atomic E-state index is 10.3. The predicted octanol–water partition coefficient (Wildman–Crippen LogP) is 2.69. The molecule has 0 radical (unpaired) electrons. The Balaban J connectivity index is 1.66. The van der Waals surface area contributed by atoms with Crippen LogP contribution in [0.3, 0.4) is 0 Å². The van der Waals surface area contributed by atoms with Crippen LogP contribution in [0.4, 0.5) is 0 Å². The molecule has 0 saturated heterocycles. The van der Waals surface area contributed by atoms with Gasteiger partial charge in [0.2, 0.25) is 0 Å². The molecule has 1 aromatic heterocycles. The minimum absolute atomic E-state index is 0.0109. The van der Waals surface area contributed by atoms with E-state index in [1.165, 1.54) is 11.1 Å². The van der Waals surface area contributed by atoms with Gasteiger partial charge in [-0.05, 0) is 41.7 Å². The van der Waals surface area contributed by atoms with Crippen molar-refractivity contribution in [1.82, 2.24) is 4.98 Å². The standard InChI is InChI=1S/C17H19NO2/c19-15(11-13-5-8-18-9-6-13)12-17-16-4-2-1-3-14(16)7-10-20-17/h1-6,8-9,15,17,19H,7,10-12H2. The molecule has 3 rings (SSSR count). The summed E-state index contributed by atoms with van der Waals surface area (Å²) in [7, 11) is 0. The van der Waals surface area contributed by atoms with Crippen molar-refractivity contribution in [1.29, 1.82) is 0 Å². The SMILES string of the molecule is OC(Cc1ccncc1)CC1OCCc2ccccc21. The van der Waals surface area contributed by atoms with E-state index in [9.17, 15) is 5.11 Å². The summed E-state index contributed by atoms with van der Waals surface area (Å²) in [4.78, 5) is 3.99. The second-order valence-electron chi connectivity index (χ2n) is 5.26. The van der Waals surface area contributed by atoms with Gasteiger partial charge in [-0.15, -0.1) is 0 Å². The molecule has 3 heteroatoms. The van der Waals surface area contributed by atoms with Gasteiger partial charge in [0.25, 0.3) is 0 Å². The smallest absolute Gasteiger partial charge is 0.0852 e. The summed E-state index contributed by atoms with van der Waals surface area (Å²) in [6.07, 6.45) is 5.38. The van der Waals surface area contributed by atoms with Gasteiger partial charge in [0.15, 0.2) is 0 Å². The van der Waals surface area contributed by atoms with E-state index in [-0.39, 0.29) is 6.10 Å². The number of nitrogens with zero attached hydrogens (tertiary/aromatic N) is 1. The Morgan fingerprint density at radius 3 is 2.85 bits per heavy atom. The molecule has 0 aliphatic carbocycles. The number of fused-ring (bicyclic) bond motifs is 1. The minimum atomic E-state index is -0.395. The summed E-state index contributed by atoms with van der Waals surface area (Å²) in [5.74, 6) is 0. The van der Waals surface area contributed by atoms with E-state index in [2.05, 4.69) is 23.2 Å². The molecule has 1 aromatic carbocycles. The van der Waals surface area contributed by atoms with Crippen molar-refractivity contribution < 1.29 is 9.84 Å². The van der Waals surface area contributed by atoms with Crippen molar-refractivity contribution in [2.75, 3.05) is 6.61 Å². The Hall–Kier alpha value is -1.71. The molecule has 20 heavy (non-hydrogen) atoms. The first kappa shape index (κ1) is 13.3. The van der Waals surface area contributed by atoms with Crippen LogP contribution in [0.15, 0.2) is 48.8 Å². The van der Waals surface area contributed by atoms with Gasteiger partial charge >= 0.3 is 0 Å². The van der Waals surface area contributed by atoms with Crippen molar-refractivity contribution in [3.8, 4) is 0 Å². The molecule has 0 fully saturated rings. The van der Waals surface area contributed by atoms with Gasteiger partial charge in [-0.1, -0.05) is 24.3 Å². The van der Waals surface area contributed by atoms with Crippen LogP contribution in [-0.2, 0) is 17.6 Å². The molecule has 2 unspecified atom stereocenters. The van der Waals surface area contributed by atoms with Gasteiger partial charge in [0.1, 0.15) is 0 Å². The zero-order valence-electron chi connectivity index (χ0n) is 11.4. The maximum atomic E-state index is 10.3. The molecule has 2 heterocycles. The molecule has 3 nitrogen and oxygen atoms in total. The Morgan fingerprint density at radius 1 is 1.20 bits per heavy atom. The van der Waals surface area contributed by atoms with E-state index >= 15 is 0 Å². The average molecular weight is 269 g/mol. The lowest BCUT2D eigenvalue weighted by molar-refractivity contribution is 0.00456. The van der Waals surface area contributed by atoms with E-state index in [1.54, 1.807) is 12.4 Å². The monoisotopic (exact) mass is 269 g/mol. The van der Waals surface area contributed by atoms with Gasteiger partial charge < -0.3 is 9.84 Å². The molecule has 1 N–H and O–H groups in total. The summed E-state index contributed by atoms with van der Waals surface area (Å²) >= 11 is 0. The van der Waals surface area contributed by atoms with Crippen LogP contribution in [0.1, 0.15) is 29.2 Å². The number of benzene rings is 1. The summed E-state index contributed by atoms with van der Waals surface area (Å²) in [5.41, 5.74) is 3.68. The predicted molar refractivity (Wildman–Crippen MR) is 77.4 cm³/mol. The number of aliphatic hydroxyl groups excluding tert-OH is 1. The number of aliphatic hydroxyl groups is 1. The molecular formula is C17H19NO2. The van der Waals surface area contributed by atoms with E-state index in [4.69, 9.17) is 4.74 Å².